The highest BCUT2D eigenvalue weighted by Gasteiger charge is 2.39. The molecule has 0 aliphatic carbocycles. The quantitative estimate of drug-likeness (QED) is 0.680. The molecule has 0 aromatic heterocycles. The van der Waals surface area contributed by atoms with Crippen molar-refractivity contribution in [3.63, 3.8) is 0 Å². The van der Waals surface area contributed by atoms with Gasteiger partial charge in [0.25, 0.3) is 17.7 Å². The van der Waals surface area contributed by atoms with Crippen LogP contribution >= 0.6 is 11.6 Å². The van der Waals surface area contributed by atoms with Crippen molar-refractivity contribution in [2.75, 3.05) is 23.3 Å². The molecule has 1 saturated heterocycles. The molecular formula is C25H26ClN3O3. The molecule has 2 heterocycles. The zero-order valence-electron chi connectivity index (χ0n) is 18.3. The summed E-state index contributed by atoms with van der Waals surface area (Å²) in [5.74, 6) is -1.05. The van der Waals surface area contributed by atoms with E-state index >= 15 is 0 Å². The van der Waals surface area contributed by atoms with Gasteiger partial charge in [-0.2, -0.15) is 0 Å². The van der Waals surface area contributed by atoms with E-state index in [9.17, 15) is 14.4 Å². The van der Waals surface area contributed by atoms with Crippen LogP contribution in [0.2, 0.25) is 0 Å². The van der Waals surface area contributed by atoms with Crippen LogP contribution in [0, 0.1) is 13.8 Å². The van der Waals surface area contributed by atoms with Crippen LogP contribution in [0.3, 0.4) is 0 Å². The molecule has 6 nitrogen and oxygen atoms in total. The zero-order valence-corrected chi connectivity index (χ0v) is 19.0. The van der Waals surface area contributed by atoms with E-state index in [-0.39, 0.29) is 16.6 Å². The molecule has 2 aromatic carbocycles. The number of anilines is 2. The Labute approximate surface area is 192 Å². The number of likely N-dealkylation sites (tertiary alicyclic amines) is 1. The van der Waals surface area contributed by atoms with E-state index in [2.05, 4.69) is 5.32 Å². The van der Waals surface area contributed by atoms with Gasteiger partial charge in [0.15, 0.2) is 0 Å². The first-order valence-corrected chi connectivity index (χ1v) is 11.3. The summed E-state index contributed by atoms with van der Waals surface area (Å²) in [6, 6.07) is 12.4. The number of amides is 3. The molecule has 2 aliphatic rings. The van der Waals surface area contributed by atoms with Gasteiger partial charge in [-0.05, 0) is 74.2 Å². The normalized spacial score (nSPS) is 17.1. The van der Waals surface area contributed by atoms with Crippen molar-refractivity contribution in [3.05, 3.63) is 69.9 Å². The van der Waals surface area contributed by atoms with Crippen LogP contribution in [0.4, 0.5) is 11.4 Å². The van der Waals surface area contributed by atoms with Crippen LogP contribution in [-0.2, 0) is 9.59 Å². The van der Waals surface area contributed by atoms with E-state index in [0.717, 1.165) is 54.8 Å². The summed E-state index contributed by atoms with van der Waals surface area (Å²) in [6.07, 6.45) is 4.39. The number of halogens is 1. The molecule has 0 bridgehead atoms. The van der Waals surface area contributed by atoms with Gasteiger partial charge in [-0.25, -0.2) is 4.90 Å². The van der Waals surface area contributed by atoms with Crippen LogP contribution in [0.1, 0.15) is 47.2 Å². The first-order chi connectivity index (χ1) is 15.3. The molecule has 1 N–H and O–H groups in total. The summed E-state index contributed by atoms with van der Waals surface area (Å²) in [7, 11) is 0. The minimum absolute atomic E-state index is 0.0174. The van der Waals surface area contributed by atoms with E-state index in [1.165, 1.54) is 0 Å². The van der Waals surface area contributed by atoms with Crippen molar-refractivity contribution in [1.29, 1.82) is 0 Å². The molecule has 0 spiro atoms. The number of hydrogen-bond acceptors (Lipinski definition) is 4. The maximum atomic E-state index is 13.0. The molecule has 1 fully saturated rings. The van der Waals surface area contributed by atoms with Crippen LogP contribution in [0.25, 0.3) is 0 Å². The Morgan fingerprint density at radius 1 is 0.875 bits per heavy atom. The SMILES string of the molecule is Cc1cc(C)cc(N2C(=O)C(Cl)=C(Nc3ccc(C(=O)N4CCCCCC4)cc3)C2=O)c1. The Balaban J connectivity index is 1.50. The topological polar surface area (TPSA) is 69.7 Å². The van der Waals surface area contributed by atoms with E-state index in [1.54, 1.807) is 36.4 Å². The third-order valence-corrected chi connectivity index (χ3v) is 6.14. The molecule has 0 atom stereocenters. The van der Waals surface area contributed by atoms with Crippen molar-refractivity contribution in [1.82, 2.24) is 4.90 Å². The lowest BCUT2D eigenvalue weighted by atomic mass is 10.1. The number of nitrogens with zero attached hydrogens (tertiary/aromatic N) is 2. The largest absolute Gasteiger partial charge is 0.350 e. The summed E-state index contributed by atoms with van der Waals surface area (Å²) in [4.78, 5) is 41.5. The number of carbonyl (C=O) groups excluding carboxylic acids is 3. The lowest BCUT2D eigenvalue weighted by molar-refractivity contribution is -0.120. The molecule has 166 valence electrons. The van der Waals surface area contributed by atoms with Crippen molar-refractivity contribution in [3.8, 4) is 0 Å². The summed E-state index contributed by atoms with van der Waals surface area (Å²) >= 11 is 6.24. The molecule has 4 rings (SSSR count). The highest BCUT2D eigenvalue weighted by atomic mass is 35.5. The standard InChI is InChI=1S/C25H26ClN3O3/c1-16-13-17(2)15-20(14-16)29-24(31)21(26)22(25(29)32)27-19-9-7-18(8-10-19)23(30)28-11-5-3-4-6-12-28/h7-10,13-15,27H,3-6,11-12H2,1-2H3. The molecule has 0 saturated carbocycles. The molecule has 0 radical (unpaired) electrons. The fraction of sp³-hybridized carbons (Fsp3) is 0.320. The van der Waals surface area contributed by atoms with E-state index in [1.807, 2.05) is 24.8 Å². The minimum atomic E-state index is -0.558. The van der Waals surface area contributed by atoms with Gasteiger partial charge in [0.1, 0.15) is 10.7 Å². The van der Waals surface area contributed by atoms with Gasteiger partial charge in [0.2, 0.25) is 0 Å². The summed E-state index contributed by atoms with van der Waals surface area (Å²) in [5.41, 5.74) is 3.59. The van der Waals surface area contributed by atoms with Crippen LogP contribution < -0.4 is 10.2 Å². The average molecular weight is 452 g/mol. The number of aryl methyl sites for hydroxylation is 2. The van der Waals surface area contributed by atoms with Gasteiger partial charge < -0.3 is 10.2 Å². The van der Waals surface area contributed by atoms with Gasteiger partial charge >= 0.3 is 0 Å². The van der Waals surface area contributed by atoms with Crippen molar-refractivity contribution in [2.24, 2.45) is 0 Å². The third-order valence-electron chi connectivity index (χ3n) is 5.79. The van der Waals surface area contributed by atoms with Crippen LogP contribution in [0.15, 0.2) is 53.2 Å². The highest BCUT2D eigenvalue weighted by molar-refractivity contribution is 6.53. The van der Waals surface area contributed by atoms with Gasteiger partial charge in [-0.3, -0.25) is 14.4 Å². The Kier molecular flexibility index (Phi) is 6.33. The Morgan fingerprint density at radius 3 is 2.06 bits per heavy atom. The first kappa shape index (κ1) is 22.1. The third kappa shape index (κ3) is 4.41. The van der Waals surface area contributed by atoms with Gasteiger partial charge in [-0.1, -0.05) is 30.5 Å². The fourth-order valence-electron chi connectivity index (χ4n) is 4.22. The molecule has 0 unspecified atom stereocenters. The van der Waals surface area contributed by atoms with Gasteiger partial charge in [-0.15, -0.1) is 0 Å². The molecule has 7 heteroatoms. The minimum Gasteiger partial charge on any atom is -0.350 e. The van der Waals surface area contributed by atoms with Gasteiger partial charge in [0, 0.05) is 24.3 Å². The Bertz CT molecular complexity index is 1080. The van der Waals surface area contributed by atoms with E-state index in [0.29, 0.717) is 16.9 Å². The number of benzene rings is 2. The predicted octanol–water partition coefficient (Wildman–Crippen LogP) is 4.76. The summed E-state index contributed by atoms with van der Waals surface area (Å²) in [5, 5.41) is 2.81. The number of nitrogens with one attached hydrogen (secondary N) is 1. The smallest absolute Gasteiger partial charge is 0.283 e. The van der Waals surface area contributed by atoms with Crippen molar-refractivity contribution in [2.45, 2.75) is 39.5 Å². The summed E-state index contributed by atoms with van der Waals surface area (Å²) < 4.78 is 0. The van der Waals surface area contributed by atoms with Crippen LogP contribution in [0.5, 0.6) is 0 Å². The van der Waals surface area contributed by atoms with Crippen molar-refractivity contribution >= 4 is 40.7 Å². The Morgan fingerprint density at radius 2 is 1.47 bits per heavy atom. The lowest BCUT2D eigenvalue weighted by Gasteiger charge is -2.20. The van der Waals surface area contributed by atoms with E-state index in [4.69, 9.17) is 11.6 Å². The molecular weight excluding hydrogens is 426 g/mol. The monoisotopic (exact) mass is 451 g/mol. The second-order valence-corrected chi connectivity index (χ2v) is 8.77. The first-order valence-electron chi connectivity index (χ1n) is 10.9. The number of rotatable bonds is 4. The van der Waals surface area contributed by atoms with Crippen LogP contribution in [-0.4, -0.2) is 35.7 Å². The van der Waals surface area contributed by atoms with E-state index < -0.39 is 11.8 Å². The summed E-state index contributed by atoms with van der Waals surface area (Å²) in [6.45, 7) is 5.38. The molecule has 2 aliphatic heterocycles. The maximum Gasteiger partial charge on any atom is 0.283 e. The zero-order chi connectivity index (χ0) is 22.8. The number of carbonyl (C=O) groups is 3. The Hall–Kier alpha value is -3.12. The van der Waals surface area contributed by atoms with Crippen molar-refractivity contribution < 1.29 is 14.4 Å². The fourth-order valence-corrected chi connectivity index (χ4v) is 4.44. The highest BCUT2D eigenvalue weighted by Crippen LogP contribution is 2.31. The predicted molar refractivity (Wildman–Crippen MR) is 126 cm³/mol. The lowest BCUT2D eigenvalue weighted by Crippen LogP contribution is -2.32. The number of hydrogen-bond donors (Lipinski definition) is 1. The molecule has 3 amide bonds. The molecule has 32 heavy (non-hydrogen) atoms. The maximum absolute atomic E-state index is 13.0. The van der Waals surface area contributed by atoms with Gasteiger partial charge in [0.05, 0.1) is 5.69 Å². The second kappa shape index (κ2) is 9.17. The molecule has 2 aromatic rings. The average Bonchev–Trinajstić information content (AvgIpc) is 2.96. The second-order valence-electron chi connectivity index (χ2n) is 8.39. The number of imide groups is 1.